The van der Waals surface area contributed by atoms with Crippen molar-refractivity contribution in [3.05, 3.63) is 112 Å². The fourth-order valence-corrected chi connectivity index (χ4v) is 8.02. The van der Waals surface area contributed by atoms with Crippen molar-refractivity contribution in [3.8, 4) is 6.07 Å². The van der Waals surface area contributed by atoms with E-state index in [1.165, 1.54) is 30.5 Å². The molecule has 1 amide bonds. The summed E-state index contributed by atoms with van der Waals surface area (Å²) in [5.41, 5.74) is 2.47. The molecule has 0 spiro atoms. The molecule has 236 valence electrons. The number of nitriles is 1. The van der Waals surface area contributed by atoms with Crippen LogP contribution in [0.15, 0.2) is 95.1 Å². The number of rotatable bonds is 8. The first-order chi connectivity index (χ1) is 22.1. The molecule has 4 aliphatic rings. The van der Waals surface area contributed by atoms with E-state index in [4.69, 9.17) is 0 Å². The number of alkyl halides is 3. The zero-order valence-corrected chi connectivity index (χ0v) is 25.3. The predicted molar refractivity (Wildman–Crippen MR) is 165 cm³/mol. The Morgan fingerprint density at radius 1 is 1.00 bits per heavy atom. The lowest BCUT2D eigenvalue weighted by molar-refractivity contribution is -0.909. The Bertz CT molecular complexity index is 1750. The molecule has 7 nitrogen and oxygen atoms in total. The normalized spacial score (nSPS) is 25.6. The van der Waals surface area contributed by atoms with Crippen LogP contribution in [0.5, 0.6) is 0 Å². The van der Waals surface area contributed by atoms with Crippen LogP contribution in [-0.4, -0.2) is 60.6 Å². The molecule has 3 aromatic rings. The summed E-state index contributed by atoms with van der Waals surface area (Å²) in [6, 6.07) is 22.3. The number of carbonyl (C=O) groups excluding carboxylic acids is 1. The maximum absolute atomic E-state index is 14.0. The maximum Gasteiger partial charge on any atom is 0.416 e. The summed E-state index contributed by atoms with van der Waals surface area (Å²) in [7, 11) is 0. The van der Waals surface area contributed by atoms with E-state index in [2.05, 4.69) is 41.4 Å². The number of benzene rings is 3. The molecule has 1 atom stereocenters. The molecule has 0 aromatic heterocycles. The third-order valence-corrected chi connectivity index (χ3v) is 10.4. The number of aliphatic imine (C=N–C) groups is 1. The molecule has 2 fully saturated rings. The van der Waals surface area contributed by atoms with Crippen LogP contribution in [0.25, 0.3) is 0 Å². The minimum Gasteiger partial charge on any atom is -0.846 e. The second-order valence-corrected chi connectivity index (χ2v) is 13.0. The van der Waals surface area contributed by atoms with Crippen LogP contribution in [0.3, 0.4) is 0 Å². The summed E-state index contributed by atoms with van der Waals surface area (Å²) in [6.45, 7) is 5.10. The average molecular weight is 626 g/mol. The van der Waals surface area contributed by atoms with Crippen LogP contribution in [0.2, 0.25) is 0 Å². The lowest BCUT2D eigenvalue weighted by Crippen LogP contribution is -2.44. The van der Waals surface area contributed by atoms with Crippen molar-refractivity contribution in [2.45, 2.75) is 43.3 Å². The Kier molecular flexibility index (Phi) is 7.40. The molecule has 4 aliphatic heterocycles. The summed E-state index contributed by atoms with van der Waals surface area (Å²) < 4.78 is 41.9. The Hall–Kier alpha value is -4.62. The zero-order chi connectivity index (χ0) is 32.1. The molecule has 3 aromatic carbocycles. The van der Waals surface area contributed by atoms with E-state index in [-0.39, 0.29) is 29.1 Å². The first-order valence-electron chi connectivity index (χ1n) is 15.8. The van der Waals surface area contributed by atoms with Gasteiger partial charge in [0.1, 0.15) is 6.04 Å². The summed E-state index contributed by atoms with van der Waals surface area (Å²) in [6.07, 6.45) is -0.487. The van der Waals surface area contributed by atoms with Crippen molar-refractivity contribution in [1.82, 2.24) is 4.90 Å². The van der Waals surface area contributed by atoms with E-state index in [1.54, 1.807) is 29.2 Å². The van der Waals surface area contributed by atoms with Gasteiger partial charge in [0.15, 0.2) is 0 Å². The smallest absolute Gasteiger partial charge is 0.416 e. The standard InChI is InChI=1S/C36H34F3N5O2/c37-36(38,39)28-9-6-10-29(21-28)43-30-23-42(33(45)31(30)32(41-34(43)46)26-13-11-25(22-40)12-14-26)17-4-5-18-44-19-15-35(24-44,16-20-44)27-7-2-1-3-8-27/h1-3,6-14,21,32H,4-5,15-20,23-24H2. The Balaban J connectivity index is 1.09. The highest BCUT2D eigenvalue weighted by molar-refractivity contribution is 6.05. The second kappa shape index (κ2) is 11.3. The van der Waals surface area contributed by atoms with Gasteiger partial charge in [-0.2, -0.15) is 18.4 Å². The lowest BCUT2D eigenvalue weighted by Gasteiger charge is -2.36. The third kappa shape index (κ3) is 5.22. The second-order valence-electron chi connectivity index (χ2n) is 13.0. The van der Waals surface area contributed by atoms with E-state index in [9.17, 15) is 28.3 Å². The van der Waals surface area contributed by atoms with Gasteiger partial charge in [-0.15, -0.1) is 0 Å². The SMILES string of the molecule is N#Cc1ccc(C2N=C([O-])N(c3cccc(C(F)(F)F)c3)C3=C2C(=O)N(CCCC[N+]24CCC(c5ccccc5)(CC2)C4)C3)cc1. The molecular weight excluding hydrogens is 591 g/mol. The molecular formula is C36H34F3N5O2. The van der Waals surface area contributed by atoms with Gasteiger partial charge in [0.05, 0.1) is 72.6 Å². The van der Waals surface area contributed by atoms with Gasteiger partial charge in [0, 0.05) is 25.1 Å². The Labute approximate surface area is 266 Å². The van der Waals surface area contributed by atoms with E-state index in [0.717, 1.165) is 60.5 Å². The van der Waals surface area contributed by atoms with Crippen LogP contribution in [0.1, 0.15) is 54.0 Å². The Morgan fingerprint density at radius 2 is 1.74 bits per heavy atom. The van der Waals surface area contributed by atoms with Gasteiger partial charge in [0.2, 0.25) is 0 Å². The summed E-state index contributed by atoms with van der Waals surface area (Å²) >= 11 is 0. The van der Waals surface area contributed by atoms with E-state index < -0.39 is 23.8 Å². The van der Waals surface area contributed by atoms with E-state index >= 15 is 0 Å². The van der Waals surface area contributed by atoms with Gasteiger partial charge in [0.25, 0.3) is 5.91 Å². The maximum atomic E-state index is 14.0. The summed E-state index contributed by atoms with van der Waals surface area (Å²) in [4.78, 5) is 21.1. The van der Waals surface area contributed by atoms with Crippen LogP contribution < -0.4 is 10.0 Å². The molecule has 1 unspecified atom stereocenters. The first kappa shape index (κ1) is 30.1. The van der Waals surface area contributed by atoms with Gasteiger partial charge < -0.3 is 19.4 Å². The van der Waals surface area contributed by atoms with Crippen LogP contribution in [-0.2, 0) is 16.4 Å². The molecule has 7 rings (SSSR count). The predicted octanol–water partition coefficient (Wildman–Crippen LogP) is 5.29. The van der Waals surface area contributed by atoms with Crippen molar-refractivity contribution in [2.24, 2.45) is 4.99 Å². The van der Waals surface area contributed by atoms with Crippen LogP contribution in [0.4, 0.5) is 18.9 Å². The number of fused-ring (bicyclic) bond motifs is 2. The molecule has 2 saturated heterocycles. The molecule has 2 bridgehead atoms. The van der Waals surface area contributed by atoms with Gasteiger partial charge in [-0.05, 0) is 54.3 Å². The fraction of sp³-hybridized carbons (Fsp3) is 0.361. The van der Waals surface area contributed by atoms with Crippen molar-refractivity contribution in [2.75, 3.05) is 44.2 Å². The third-order valence-electron chi connectivity index (χ3n) is 10.4. The average Bonchev–Trinajstić information content (AvgIpc) is 3.74. The number of quaternary nitrogens is 1. The number of halogens is 3. The monoisotopic (exact) mass is 625 g/mol. The van der Waals surface area contributed by atoms with Crippen LogP contribution in [0, 0.1) is 11.3 Å². The highest BCUT2D eigenvalue weighted by Gasteiger charge is 2.55. The van der Waals surface area contributed by atoms with Gasteiger partial charge in [-0.3, -0.25) is 9.79 Å². The molecule has 0 N–H and O–H groups in total. The number of amides is 1. The minimum absolute atomic E-state index is 0.0183. The van der Waals surface area contributed by atoms with Crippen molar-refractivity contribution < 1.29 is 27.6 Å². The van der Waals surface area contributed by atoms with E-state index in [0.29, 0.717) is 23.4 Å². The molecule has 4 heterocycles. The quantitative estimate of drug-likeness (QED) is 0.252. The summed E-state index contributed by atoms with van der Waals surface area (Å²) in [5, 5.41) is 22.7. The number of unbranched alkanes of at least 4 members (excludes halogenated alkanes) is 1. The van der Waals surface area contributed by atoms with Crippen molar-refractivity contribution >= 4 is 17.6 Å². The highest BCUT2D eigenvalue weighted by atomic mass is 19.4. The van der Waals surface area contributed by atoms with Gasteiger partial charge >= 0.3 is 6.18 Å². The topological polar surface area (TPSA) is 82.8 Å². The number of anilines is 1. The fourth-order valence-electron chi connectivity index (χ4n) is 8.02. The number of carbonyl (C=O) groups is 1. The molecule has 0 saturated carbocycles. The molecule has 10 heteroatoms. The van der Waals surface area contributed by atoms with E-state index in [1.807, 2.05) is 0 Å². The van der Waals surface area contributed by atoms with Crippen molar-refractivity contribution in [1.29, 1.82) is 5.26 Å². The summed E-state index contributed by atoms with van der Waals surface area (Å²) in [5.74, 6) is -0.268. The highest BCUT2D eigenvalue weighted by Crippen LogP contribution is 2.48. The molecule has 0 radical (unpaired) electrons. The number of hydrogen-bond donors (Lipinski definition) is 0. The number of piperidine rings is 1. The lowest BCUT2D eigenvalue weighted by atomic mass is 9.78. The first-order valence-corrected chi connectivity index (χ1v) is 15.8. The largest absolute Gasteiger partial charge is 0.846 e. The Morgan fingerprint density at radius 3 is 2.43 bits per heavy atom. The number of nitrogens with zero attached hydrogens (tertiary/aromatic N) is 5. The van der Waals surface area contributed by atoms with Crippen molar-refractivity contribution in [3.63, 3.8) is 0 Å². The van der Waals surface area contributed by atoms with Crippen LogP contribution >= 0.6 is 0 Å². The number of amidine groups is 1. The number of hydrogen-bond acceptors (Lipinski definition) is 5. The van der Waals surface area contributed by atoms with Gasteiger partial charge in [-0.1, -0.05) is 48.5 Å². The molecule has 46 heavy (non-hydrogen) atoms. The van der Waals surface area contributed by atoms with Gasteiger partial charge in [-0.25, -0.2) is 0 Å². The minimum atomic E-state index is -4.59. The molecule has 0 aliphatic carbocycles. The zero-order valence-electron chi connectivity index (χ0n) is 25.3.